The van der Waals surface area contributed by atoms with E-state index in [1.165, 1.54) is 26.5 Å². The highest BCUT2D eigenvalue weighted by molar-refractivity contribution is 7.16. The second kappa shape index (κ2) is 2.83. The first-order valence-electron chi connectivity index (χ1n) is 5.15. The van der Waals surface area contributed by atoms with Gasteiger partial charge in [0.1, 0.15) is 0 Å². The van der Waals surface area contributed by atoms with Crippen LogP contribution in [0.2, 0.25) is 0 Å². The molecule has 2 heterocycles. The minimum atomic E-state index is 1.09. The van der Waals surface area contributed by atoms with Gasteiger partial charge in [-0.3, -0.25) is 0 Å². The number of hydrogen-bond donors (Lipinski definition) is 1. The standard InChI is InChI=1S/C13H8N2S/c1-2-4-10-8(3-1)9-5-12-13(16-7-14-12)6-11(9)15-10/h1-7,15H. The van der Waals surface area contributed by atoms with Gasteiger partial charge in [0.2, 0.25) is 0 Å². The lowest BCUT2D eigenvalue weighted by molar-refractivity contribution is 1.50. The molecule has 2 aromatic carbocycles. The van der Waals surface area contributed by atoms with Gasteiger partial charge in [0, 0.05) is 21.8 Å². The van der Waals surface area contributed by atoms with E-state index >= 15 is 0 Å². The molecule has 0 aliphatic heterocycles. The number of aromatic nitrogens is 2. The predicted molar refractivity (Wildman–Crippen MR) is 69.0 cm³/mol. The van der Waals surface area contributed by atoms with Crippen LogP contribution in [-0.4, -0.2) is 9.97 Å². The Balaban J connectivity index is 2.32. The van der Waals surface area contributed by atoms with Crippen LogP contribution in [0.5, 0.6) is 0 Å². The molecule has 2 nitrogen and oxygen atoms in total. The molecule has 76 valence electrons. The number of H-pyrrole nitrogens is 1. The van der Waals surface area contributed by atoms with E-state index in [0.717, 1.165) is 5.52 Å². The molecule has 2 aromatic heterocycles. The van der Waals surface area contributed by atoms with Gasteiger partial charge in [-0.2, -0.15) is 0 Å². The first kappa shape index (κ1) is 8.30. The highest BCUT2D eigenvalue weighted by Crippen LogP contribution is 2.30. The summed E-state index contributed by atoms with van der Waals surface area (Å²) < 4.78 is 1.24. The van der Waals surface area contributed by atoms with Crippen LogP contribution < -0.4 is 0 Å². The molecule has 0 aliphatic rings. The molecule has 4 aromatic rings. The Labute approximate surface area is 95.5 Å². The average molecular weight is 224 g/mol. The zero-order chi connectivity index (χ0) is 10.5. The molecule has 0 saturated heterocycles. The molecule has 0 amide bonds. The summed E-state index contributed by atoms with van der Waals surface area (Å²) >= 11 is 1.68. The maximum absolute atomic E-state index is 4.36. The Kier molecular flexibility index (Phi) is 1.47. The number of nitrogens with zero attached hydrogens (tertiary/aromatic N) is 1. The summed E-state index contributed by atoms with van der Waals surface area (Å²) in [6.45, 7) is 0. The number of thiazole rings is 1. The second-order valence-electron chi connectivity index (χ2n) is 3.89. The van der Waals surface area contributed by atoms with E-state index in [2.05, 4.69) is 46.4 Å². The Morgan fingerprint density at radius 1 is 1.00 bits per heavy atom. The third-order valence-corrected chi connectivity index (χ3v) is 3.75. The van der Waals surface area contributed by atoms with Crippen LogP contribution in [0.25, 0.3) is 32.0 Å². The summed E-state index contributed by atoms with van der Waals surface area (Å²) in [5.41, 5.74) is 5.36. The lowest BCUT2D eigenvalue weighted by Gasteiger charge is -1.91. The van der Waals surface area contributed by atoms with E-state index in [9.17, 15) is 0 Å². The summed E-state index contributed by atoms with van der Waals surface area (Å²) in [7, 11) is 0. The highest BCUT2D eigenvalue weighted by Gasteiger charge is 2.06. The Morgan fingerprint density at radius 3 is 2.94 bits per heavy atom. The van der Waals surface area contributed by atoms with Gasteiger partial charge in [0.15, 0.2) is 0 Å². The fraction of sp³-hybridized carbons (Fsp3) is 0. The Hall–Kier alpha value is -1.87. The molecule has 0 unspecified atom stereocenters. The quantitative estimate of drug-likeness (QED) is 0.481. The molecular weight excluding hydrogens is 216 g/mol. The van der Waals surface area contributed by atoms with E-state index in [1.807, 2.05) is 5.51 Å². The number of para-hydroxylation sites is 1. The minimum absolute atomic E-state index is 1.09. The lowest BCUT2D eigenvalue weighted by atomic mass is 10.1. The molecule has 0 fully saturated rings. The Bertz CT molecular complexity index is 810. The van der Waals surface area contributed by atoms with Crippen LogP contribution >= 0.6 is 11.3 Å². The molecule has 0 radical (unpaired) electrons. The van der Waals surface area contributed by atoms with Crippen molar-refractivity contribution >= 4 is 43.4 Å². The van der Waals surface area contributed by atoms with Gasteiger partial charge >= 0.3 is 0 Å². The molecule has 16 heavy (non-hydrogen) atoms. The fourth-order valence-corrected chi connectivity index (χ4v) is 2.90. The van der Waals surface area contributed by atoms with Crippen LogP contribution in [0.15, 0.2) is 41.9 Å². The number of fused-ring (bicyclic) bond motifs is 4. The van der Waals surface area contributed by atoms with Crippen molar-refractivity contribution in [1.82, 2.24) is 9.97 Å². The molecule has 0 saturated carbocycles. The molecule has 0 atom stereocenters. The summed E-state index contributed by atoms with van der Waals surface area (Å²) in [4.78, 5) is 7.80. The SMILES string of the molecule is c1ccc2c(c1)[nH]c1cc3scnc3cc12. The molecule has 0 aliphatic carbocycles. The van der Waals surface area contributed by atoms with Crippen LogP contribution in [0.1, 0.15) is 0 Å². The topological polar surface area (TPSA) is 28.7 Å². The van der Waals surface area contributed by atoms with Crippen LogP contribution in [0, 0.1) is 0 Å². The van der Waals surface area contributed by atoms with Gasteiger partial charge in [0.05, 0.1) is 15.7 Å². The van der Waals surface area contributed by atoms with Gasteiger partial charge < -0.3 is 4.98 Å². The number of benzene rings is 2. The van der Waals surface area contributed by atoms with Crippen molar-refractivity contribution in [2.24, 2.45) is 0 Å². The van der Waals surface area contributed by atoms with Crippen molar-refractivity contribution in [1.29, 1.82) is 0 Å². The van der Waals surface area contributed by atoms with Gasteiger partial charge in [-0.1, -0.05) is 18.2 Å². The number of nitrogens with one attached hydrogen (secondary N) is 1. The van der Waals surface area contributed by atoms with Gasteiger partial charge in [-0.15, -0.1) is 11.3 Å². The molecular formula is C13H8N2S. The van der Waals surface area contributed by atoms with E-state index in [1.54, 1.807) is 11.3 Å². The average Bonchev–Trinajstić information content (AvgIpc) is 2.88. The van der Waals surface area contributed by atoms with Crippen molar-refractivity contribution in [3.63, 3.8) is 0 Å². The number of rotatable bonds is 0. The summed E-state index contributed by atoms with van der Waals surface area (Å²) in [5, 5.41) is 2.53. The molecule has 0 spiro atoms. The van der Waals surface area contributed by atoms with Gasteiger partial charge in [0.25, 0.3) is 0 Å². The number of hydrogen-bond acceptors (Lipinski definition) is 2. The smallest absolute Gasteiger partial charge is 0.0819 e. The fourth-order valence-electron chi connectivity index (χ4n) is 2.20. The lowest BCUT2D eigenvalue weighted by Crippen LogP contribution is -1.69. The second-order valence-corrected chi connectivity index (χ2v) is 4.77. The normalized spacial score (nSPS) is 11.8. The van der Waals surface area contributed by atoms with Crippen molar-refractivity contribution in [3.8, 4) is 0 Å². The van der Waals surface area contributed by atoms with Crippen molar-refractivity contribution in [2.45, 2.75) is 0 Å². The van der Waals surface area contributed by atoms with E-state index in [-0.39, 0.29) is 0 Å². The van der Waals surface area contributed by atoms with Crippen molar-refractivity contribution in [3.05, 3.63) is 41.9 Å². The monoisotopic (exact) mass is 224 g/mol. The van der Waals surface area contributed by atoms with Crippen LogP contribution in [0.4, 0.5) is 0 Å². The van der Waals surface area contributed by atoms with E-state index < -0.39 is 0 Å². The Morgan fingerprint density at radius 2 is 1.94 bits per heavy atom. The number of aromatic amines is 1. The highest BCUT2D eigenvalue weighted by atomic mass is 32.1. The first-order valence-corrected chi connectivity index (χ1v) is 6.03. The predicted octanol–water partition coefficient (Wildman–Crippen LogP) is 3.93. The summed E-state index contributed by atoms with van der Waals surface area (Å²) in [6.07, 6.45) is 0. The maximum atomic E-state index is 4.36. The zero-order valence-corrected chi connectivity index (χ0v) is 9.21. The molecule has 3 heteroatoms. The van der Waals surface area contributed by atoms with Crippen LogP contribution in [-0.2, 0) is 0 Å². The molecule has 0 bridgehead atoms. The summed E-state index contributed by atoms with van der Waals surface area (Å²) in [6, 6.07) is 12.7. The third kappa shape index (κ3) is 0.981. The minimum Gasteiger partial charge on any atom is -0.354 e. The molecule has 1 N–H and O–H groups in total. The van der Waals surface area contributed by atoms with Gasteiger partial charge in [-0.05, 0) is 18.2 Å². The van der Waals surface area contributed by atoms with E-state index in [0.29, 0.717) is 0 Å². The van der Waals surface area contributed by atoms with Gasteiger partial charge in [-0.25, -0.2) is 4.98 Å². The first-order chi connectivity index (χ1) is 7.92. The largest absolute Gasteiger partial charge is 0.354 e. The zero-order valence-electron chi connectivity index (χ0n) is 8.40. The molecule has 4 rings (SSSR count). The van der Waals surface area contributed by atoms with E-state index in [4.69, 9.17) is 0 Å². The third-order valence-electron chi connectivity index (χ3n) is 2.96. The van der Waals surface area contributed by atoms with Crippen molar-refractivity contribution < 1.29 is 0 Å². The maximum Gasteiger partial charge on any atom is 0.0819 e. The summed E-state index contributed by atoms with van der Waals surface area (Å²) in [5.74, 6) is 0. The van der Waals surface area contributed by atoms with Crippen molar-refractivity contribution in [2.75, 3.05) is 0 Å². The van der Waals surface area contributed by atoms with Crippen LogP contribution in [0.3, 0.4) is 0 Å².